The Labute approximate surface area is 192 Å². The fourth-order valence-corrected chi connectivity index (χ4v) is 3.55. The van der Waals surface area contributed by atoms with Gasteiger partial charge in [0.1, 0.15) is 18.9 Å². The molecule has 4 rings (SSSR count). The molecule has 3 aromatic carbocycles. The Hall–Kier alpha value is -3.71. The molecule has 6 nitrogen and oxygen atoms in total. The molecule has 0 saturated heterocycles. The molecule has 32 heavy (non-hydrogen) atoms. The van der Waals surface area contributed by atoms with Gasteiger partial charge in [-0.15, -0.1) is 0 Å². The summed E-state index contributed by atoms with van der Waals surface area (Å²) in [5, 5.41) is 7.53. The summed E-state index contributed by atoms with van der Waals surface area (Å²) < 4.78 is 9.86. The van der Waals surface area contributed by atoms with E-state index in [1.807, 2.05) is 95.6 Å². The van der Waals surface area contributed by atoms with Gasteiger partial charge in [0.15, 0.2) is 10.6 Å². The average molecular weight is 445 g/mol. The largest absolute Gasteiger partial charge is 0.486 e. The first-order valence-corrected chi connectivity index (χ1v) is 10.8. The molecule has 0 unspecified atom stereocenters. The van der Waals surface area contributed by atoms with Crippen LogP contribution >= 0.6 is 12.2 Å². The van der Waals surface area contributed by atoms with Crippen LogP contribution in [0.5, 0.6) is 5.75 Å². The molecule has 0 saturated carbocycles. The van der Waals surface area contributed by atoms with Crippen molar-refractivity contribution in [2.24, 2.45) is 0 Å². The molecule has 0 aliphatic carbocycles. The first kappa shape index (κ1) is 21.5. The lowest BCUT2D eigenvalue weighted by molar-refractivity contribution is -0.122. The Morgan fingerprint density at radius 3 is 2.12 bits per heavy atom. The van der Waals surface area contributed by atoms with Crippen LogP contribution in [0.2, 0.25) is 0 Å². The van der Waals surface area contributed by atoms with Gasteiger partial charge in [0.2, 0.25) is 5.91 Å². The van der Waals surface area contributed by atoms with E-state index in [2.05, 4.69) is 10.4 Å². The van der Waals surface area contributed by atoms with Crippen LogP contribution < -0.4 is 10.1 Å². The van der Waals surface area contributed by atoms with E-state index in [1.54, 1.807) is 4.68 Å². The zero-order valence-corrected chi connectivity index (χ0v) is 18.4. The summed E-state index contributed by atoms with van der Waals surface area (Å²) in [5.41, 5.74) is 2.13. The van der Waals surface area contributed by atoms with Crippen LogP contribution in [0.15, 0.2) is 91.0 Å². The van der Waals surface area contributed by atoms with E-state index in [9.17, 15) is 4.79 Å². The van der Waals surface area contributed by atoms with E-state index < -0.39 is 0 Å². The molecule has 0 aliphatic rings. The van der Waals surface area contributed by atoms with Crippen LogP contribution in [0.25, 0.3) is 0 Å². The van der Waals surface area contributed by atoms with Crippen molar-refractivity contribution < 1.29 is 9.53 Å². The molecule has 0 fully saturated rings. The molecule has 0 spiro atoms. The fourth-order valence-electron chi connectivity index (χ4n) is 3.27. The van der Waals surface area contributed by atoms with Gasteiger partial charge in [0, 0.05) is 6.54 Å². The van der Waals surface area contributed by atoms with Crippen molar-refractivity contribution in [2.75, 3.05) is 0 Å². The normalized spacial score (nSPS) is 10.6. The Morgan fingerprint density at radius 2 is 1.47 bits per heavy atom. The zero-order valence-electron chi connectivity index (χ0n) is 17.6. The maximum Gasteiger partial charge on any atom is 0.242 e. The number of aromatic nitrogens is 3. The third-order valence-corrected chi connectivity index (χ3v) is 5.35. The highest BCUT2D eigenvalue weighted by Crippen LogP contribution is 2.13. The maximum absolute atomic E-state index is 12.5. The van der Waals surface area contributed by atoms with Gasteiger partial charge in [-0.25, -0.2) is 4.68 Å². The van der Waals surface area contributed by atoms with Gasteiger partial charge in [-0.1, -0.05) is 78.9 Å². The van der Waals surface area contributed by atoms with Crippen LogP contribution in [-0.4, -0.2) is 20.3 Å². The van der Waals surface area contributed by atoms with Gasteiger partial charge in [-0.05, 0) is 35.5 Å². The molecule has 1 aromatic heterocycles. The van der Waals surface area contributed by atoms with E-state index in [-0.39, 0.29) is 19.1 Å². The Balaban J connectivity index is 1.51. The number of carbonyl (C=O) groups is 1. The molecular formula is C25H24N4O2S. The lowest BCUT2D eigenvalue weighted by atomic mass is 10.2. The molecule has 0 atom stereocenters. The molecule has 0 aliphatic heterocycles. The summed E-state index contributed by atoms with van der Waals surface area (Å²) in [6.07, 6.45) is 0. The standard InChI is InChI=1S/C25H24N4O2S/c30-24(26-16-20-10-4-1-5-11-20)18-29-25(32)28(17-21-12-6-2-7-13-21)23(27-29)19-31-22-14-8-3-9-15-22/h1-15H,16-19H2,(H,26,30). The number of hydrogen-bond acceptors (Lipinski definition) is 4. The average Bonchev–Trinajstić information content (AvgIpc) is 3.12. The summed E-state index contributed by atoms with van der Waals surface area (Å²) >= 11 is 5.67. The number of hydrogen-bond donors (Lipinski definition) is 1. The molecule has 0 bridgehead atoms. The van der Waals surface area contributed by atoms with Crippen molar-refractivity contribution >= 4 is 18.1 Å². The molecular weight excluding hydrogens is 420 g/mol. The highest BCUT2D eigenvalue weighted by Gasteiger charge is 2.14. The Kier molecular flexibility index (Phi) is 7.09. The lowest BCUT2D eigenvalue weighted by Crippen LogP contribution is -2.27. The number of ether oxygens (including phenoxy) is 1. The molecule has 4 aromatic rings. The zero-order chi connectivity index (χ0) is 22.2. The number of benzene rings is 3. The molecule has 162 valence electrons. The predicted octanol–water partition coefficient (Wildman–Crippen LogP) is 4.36. The SMILES string of the molecule is O=C(Cn1nc(COc2ccccc2)n(Cc2ccccc2)c1=S)NCc1ccccc1. The predicted molar refractivity (Wildman–Crippen MR) is 126 cm³/mol. The third kappa shape index (κ3) is 5.70. The summed E-state index contributed by atoms with van der Waals surface area (Å²) in [6, 6.07) is 29.4. The summed E-state index contributed by atoms with van der Waals surface area (Å²) in [4.78, 5) is 12.5. The van der Waals surface area contributed by atoms with E-state index >= 15 is 0 Å². The first-order valence-electron chi connectivity index (χ1n) is 10.4. The second kappa shape index (κ2) is 10.5. The number of para-hydroxylation sites is 1. The minimum atomic E-state index is -0.148. The summed E-state index contributed by atoms with van der Waals surface area (Å²) in [7, 11) is 0. The second-order valence-corrected chi connectivity index (χ2v) is 7.66. The topological polar surface area (TPSA) is 61.1 Å². The van der Waals surface area contributed by atoms with Crippen LogP contribution in [0.3, 0.4) is 0 Å². The first-order chi connectivity index (χ1) is 15.7. The number of amides is 1. The van der Waals surface area contributed by atoms with Gasteiger partial charge in [0.25, 0.3) is 0 Å². The van der Waals surface area contributed by atoms with Crippen LogP contribution in [0.1, 0.15) is 17.0 Å². The second-order valence-electron chi connectivity index (χ2n) is 7.29. The number of carbonyl (C=O) groups excluding carboxylic acids is 1. The minimum absolute atomic E-state index is 0.0474. The number of nitrogens with one attached hydrogen (secondary N) is 1. The van der Waals surface area contributed by atoms with Gasteiger partial charge in [-0.2, -0.15) is 5.10 Å². The monoisotopic (exact) mass is 444 g/mol. The van der Waals surface area contributed by atoms with Crippen molar-refractivity contribution in [2.45, 2.75) is 26.2 Å². The van der Waals surface area contributed by atoms with Crippen LogP contribution in [0, 0.1) is 4.77 Å². The fraction of sp³-hybridized carbons (Fsp3) is 0.160. The minimum Gasteiger partial charge on any atom is -0.486 e. The quantitative estimate of drug-likeness (QED) is 0.390. The Bertz CT molecular complexity index is 1210. The molecule has 0 radical (unpaired) electrons. The molecule has 7 heteroatoms. The molecule has 1 N–H and O–H groups in total. The van der Waals surface area contributed by atoms with E-state index in [1.165, 1.54) is 0 Å². The lowest BCUT2D eigenvalue weighted by Gasteiger charge is -2.08. The van der Waals surface area contributed by atoms with Gasteiger partial charge < -0.3 is 10.1 Å². The van der Waals surface area contributed by atoms with E-state index in [0.717, 1.165) is 16.9 Å². The van der Waals surface area contributed by atoms with Crippen molar-refractivity contribution in [3.05, 3.63) is 113 Å². The number of rotatable bonds is 9. The van der Waals surface area contributed by atoms with Gasteiger partial charge >= 0.3 is 0 Å². The van der Waals surface area contributed by atoms with Crippen molar-refractivity contribution in [3.8, 4) is 5.75 Å². The molecule has 1 amide bonds. The smallest absolute Gasteiger partial charge is 0.242 e. The third-order valence-electron chi connectivity index (χ3n) is 4.92. The van der Waals surface area contributed by atoms with Gasteiger partial charge in [-0.3, -0.25) is 9.36 Å². The van der Waals surface area contributed by atoms with Crippen molar-refractivity contribution in [1.29, 1.82) is 0 Å². The van der Waals surface area contributed by atoms with Crippen LogP contribution in [0.4, 0.5) is 0 Å². The van der Waals surface area contributed by atoms with Crippen molar-refractivity contribution in [1.82, 2.24) is 19.7 Å². The summed E-state index contributed by atoms with van der Waals surface area (Å²) in [6.45, 7) is 1.31. The number of nitrogens with zero attached hydrogens (tertiary/aromatic N) is 3. The van der Waals surface area contributed by atoms with Gasteiger partial charge in [0.05, 0.1) is 6.54 Å². The maximum atomic E-state index is 12.5. The van der Waals surface area contributed by atoms with Crippen LogP contribution in [-0.2, 0) is 31.0 Å². The highest BCUT2D eigenvalue weighted by atomic mass is 32.1. The van der Waals surface area contributed by atoms with E-state index in [0.29, 0.717) is 23.7 Å². The summed E-state index contributed by atoms with van der Waals surface area (Å²) in [5.74, 6) is 1.27. The van der Waals surface area contributed by atoms with Crippen molar-refractivity contribution in [3.63, 3.8) is 0 Å². The van der Waals surface area contributed by atoms with E-state index in [4.69, 9.17) is 17.0 Å². The highest BCUT2D eigenvalue weighted by molar-refractivity contribution is 7.71. The molecule has 1 heterocycles. The Morgan fingerprint density at radius 1 is 0.875 bits per heavy atom.